The molecule has 4 rings (SSSR count). The van der Waals surface area contributed by atoms with Crippen molar-refractivity contribution in [2.45, 2.75) is 70.4 Å². The molecule has 1 unspecified atom stereocenters. The highest BCUT2D eigenvalue weighted by Crippen LogP contribution is 2.54. The average molecular weight is 446 g/mol. The van der Waals surface area contributed by atoms with Crippen LogP contribution in [0.25, 0.3) is 0 Å². The van der Waals surface area contributed by atoms with Gasteiger partial charge >= 0.3 is 0 Å². The molecule has 0 aliphatic carbocycles. The van der Waals surface area contributed by atoms with E-state index in [1.165, 1.54) is 4.90 Å². The molecule has 3 amide bonds. The van der Waals surface area contributed by atoms with E-state index in [-0.39, 0.29) is 30.4 Å². The van der Waals surface area contributed by atoms with Crippen molar-refractivity contribution in [3.63, 3.8) is 0 Å². The summed E-state index contributed by atoms with van der Waals surface area (Å²) in [5.74, 6) is -2.03. The Hall–Kier alpha value is -2.19. The van der Waals surface area contributed by atoms with E-state index in [1.807, 2.05) is 52.0 Å². The minimum absolute atomic E-state index is 0.0547. The van der Waals surface area contributed by atoms with Gasteiger partial charge < -0.3 is 24.5 Å². The Balaban J connectivity index is 1.85. The smallest absolute Gasteiger partial charge is 0.249 e. The number of nitrogens with zero attached hydrogens (tertiary/aromatic N) is 3. The van der Waals surface area contributed by atoms with Crippen LogP contribution in [-0.2, 0) is 19.1 Å². The van der Waals surface area contributed by atoms with Crippen molar-refractivity contribution in [1.82, 2.24) is 14.7 Å². The third-order valence-corrected chi connectivity index (χ3v) is 7.40. The molecule has 0 aromatic rings. The van der Waals surface area contributed by atoms with E-state index in [4.69, 9.17) is 4.74 Å². The first-order valence-electron chi connectivity index (χ1n) is 11.9. The standard InChI is InChI=1S/C24H35N3O5/c1-5-11-25-12-7-9-17-18(21(25)29)19-22(30)27(16(6-2)14-28)20-23(31)26(15(3)4)13-8-10-24(19,20)32-17/h7-10,15-20,28H,5-6,11-14H2,1-4H3/t16-,17+,18-,19-,20?,24-/m0/s1. The van der Waals surface area contributed by atoms with Gasteiger partial charge in [-0.2, -0.15) is 0 Å². The Morgan fingerprint density at radius 2 is 1.88 bits per heavy atom. The molecule has 4 heterocycles. The predicted octanol–water partition coefficient (Wildman–Crippen LogP) is 0.953. The van der Waals surface area contributed by atoms with E-state index in [2.05, 4.69) is 0 Å². The highest BCUT2D eigenvalue weighted by atomic mass is 16.5. The van der Waals surface area contributed by atoms with Gasteiger partial charge in [0.1, 0.15) is 11.6 Å². The molecule has 0 bridgehead atoms. The third-order valence-electron chi connectivity index (χ3n) is 7.40. The second-order valence-electron chi connectivity index (χ2n) is 9.53. The SMILES string of the molecule is CCCN1CC=C[C@H]2O[C@]34C=CCN(C(C)C)C(=O)C3N([C@@H](CC)CO)C(=O)[C@@H]4[C@H]2C1=O. The third kappa shape index (κ3) is 3.22. The summed E-state index contributed by atoms with van der Waals surface area (Å²) in [5, 5.41) is 10.1. The topological polar surface area (TPSA) is 90.4 Å². The van der Waals surface area contributed by atoms with Crippen LogP contribution in [0, 0.1) is 11.8 Å². The van der Waals surface area contributed by atoms with E-state index in [0.29, 0.717) is 26.1 Å². The zero-order valence-electron chi connectivity index (χ0n) is 19.4. The summed E-state index contributed by atoms with van der Waals surface area (Å²) in [6, 6.07) is -1.46. The van der Waals surface area contributed by atoms with Gasteiger partial charge in [0.2, 0.25) is 17.7 Å². The highest BCUT2D eigenvalue weighted by Gasteiger charge is 2.72. The van der Waals surface area contributed by atoms with Gasteiger partial charge in [0.05, 0.1) is 30.6 Å². The van der Waals surface area contributed by atoms with Gasteiger partial charge in [-0.15, -0.1) is 0 Å². The normalized spacial score (nSPS) is 35.2. The first-order chi connectivity index (χ1) is 15.3. The number of carbonyl (C=O) groups excluding carboxylic acids is 3. The maximum Gasteiger partial charge on any atom is 0.249 e. The fraction of sp³-hybridized carbons (Fsp3) is 0.708. The lowest BCUT2D eigenvalue weighted by Gasteiger charge is -2.39. The van der Waals surface area contributed by atoms with Crippen molar-refractivity contribution in [2.24, 2.45) is 11.8 Å². The summed E-state index contributed by atoms with van der Waals surface area (Å²) in [6.07, 6.45) is 8.32. The number of hydrogen-bond acceptors (Lipinski definition) is 5. The number of fused-ring (bicyclic) bond motifs is 2. The Kier molecular flexibility index (Phi) is 6.20. The Morgan fingerprint density at radius 3 is 2.50 bits per heavy atom. The number of aliphatic hydroxyl groups excluding tert-OH is 1. The van der Waals surface area contributed by atoms with Crippen LogP contribution in [0.1, 0.15) is 40.5 Å². The molecule has 8 heteroatoms. The van der Waals surface area contributed by atoms with Crippen LogP contribution >= 0.6 is 0 Å². The van der Waals surface area contributed by atoms with Gasteiger partial charge in [-0.3, -0.25) is 14.4 Å². The maximum atomic E-state index is 14.0. The maximum absolute atomic E-state index is 14.0. The van der Waals surface area contributed by atoms with E-state index < -0.39 is 35.6 Å². The van der Waals surface area contributed by atoms with Crippen molar-refractivity contribution < 1.29 is 24.2 Å². The molecular weight excluding hydrogens is 410 g/mol. The lowest BCUT2D eigenvalue weighted by atomic mass is 9.77. The fourth-order valence-corrected chi connectivity index (χ4v) is 5.89. The second kappa shape index (κ2) is 8.63. The Labute approximate surface area is 189 Å². The molecular formula is C24H35N3O5. The van der Waals surface area contributed by atoms with Crippen LogP contribution in [0.15, 0.2) is 24.3 Å². The van der Waals surface area contributed by atoms with Crippen molar-refractivity contribution in [2.75, 3.05) is 26.2 Å². The Morgan fingerprint density at radius 1 is 1.12 bits per heavy atom. The van der Waals surface area contributed by atoms with Crippen molar-refractivity contribution in [1.29, 1.82) is 0 Å². The van der Waals surface area contributed by atoms with Crippen LogP contribution in [0.3, 0.4) is 0 Å². The molecule has 0 saturated carbocycles. The summed E-state index contributed by atoms with van der Waals surface area (Å²) in [6.45, 7) is 9.07. The van der Waals surface area contributed by atoms with Gasteiger partial charge in [0, 0.05) is 25.7 Å². The summed E-state index contributed by atoms with van der Waals surface area (Å²) in [4.78, 5) is 46.4. The largest absolute Gasteiger partial charge is 0.394 e. The number of hydrogen-bond donors (Lipinski definition) is 1. The van der Waals surface area contributed by atoms with Crippen LogP contribution in [0.5, 0.6) is 0 Å². The lowest BCUT2D eigenvalue weighted by Crippen LogP contribution is -2.58. The zero-order chi connectivity index (χ0) is 23.2. The fourth-order valence-electron chi connectivity index (χ4n) is 5.89. The molecule has 4 aliphatic heterocycles. The quantitative estimate of drug-likeness (QED) is 0.615. The highest BCUT2D eigenvalue weighted by molar-refractivity contribution is 6.00. The molecule has 4 aliphatic rings. The minimum Gasteiger partial charge on any atom is -0.394 e. The molecule has 0 aromatic carbocycles. The molecule has 6 atom stereocenters. The average Bonchev–Trinajstić information content (AvgIpc) is 3.07. The van der Waals surface area contributed by atoms with E-state index >= 15 is 0 Å². The minimum atomic E-state index is -1.22. The molecule has 2 fully saturated rings. The molecule has 1 spiro atoms. The molecule has 8 nitrogen and oxygen atoms in total. The number of likely N-dealkylation sites (tertiary alicyclic amines) is 1. The number of rotatable bonds is 6. The summed E-state index contributed by atoms with van der Waals surface area (Å²) < 4.78 is 6.56. The first-order valence-corrected chi connectivity index (χ1v) is 11.9. The van der Waals surface area contributed by atoms with Gasteiger partial charge in [-0.05, 0) is 26.7 Å². The molecule has 1 N–H and O–H groups in total. The first kappa shape index (κ1) is 23.0. The molecule has 0 radical (unpaired) electrons. The van der Waals surface area contributed by atoms with Crippen LogP contribution in [0.2, 0.25) is 0 Å². The molecule has 176 valence electrons. The summed E-state index contributed by atoms with van der Waals surface area (Å²) in [5.41, 5.74) is -1.22. The lowest BCUT2D eigenvalue weighted by molar-refractivity contribution is -0.152. The zero-order valence-corrected chi connectivity index (χ0v) is 19.4. The second-order valence-corrected chi connectivity index (χ2v) is 9.53. The van der Waals surface area contributed by atoms with Gasteiger partial charge in [0.25, 0.3) is 0 Å². The van der Waals surface area contributed by atoms with Crippen LogP contribution in [-0.4, -0.2) is 93.6 Å². The van der Waals surface area contributed by atoms with Crippen molar-refractivity contribution in [3.05, 3.63) is 24.3 Å². The van der Waals surface area contributed by atoms with Gasteiger partial charge in [0.15, 0.2) is 0 Å². The van der Waals surface area contributed by atoms with Gasteiger partial charge in [-0.25, -0.2) is 0 Å². The summed E-state index contributed by atoms with van der Waals surface area (Å²) in [7, 11) is 0. The number of amides is 3. The molecule has 2 saturated heterocycles. The van der Waals surface area contributed by atoms with Gasteiger partial charge in [-0.1, -0.05) is 38.2 Å². The monoisotopic (exact) mass is 445 g/mol. The summed E-state index contributed by atoms with van der Waals surface area (Å²) >= 11 is 0. The number of ether oxygens (including phenoxy) is 1. The van der Waals surface area contributed by atoms with E-state index in [0.717, 1.165) is 6.42 Å². The predicted molar refractivity (Wildman–Crippen MR) is 118 cm³/mol. The molecule has 32 heavy (non-hydrogen) atoms. The van der Waals surface area contributed by atoms with Crippen LogP contribution < -0.4 is 0 Å². The van der Waals surface area contributed by atoms with Crippen molar-refractivity contribution >= 4 is 17.7 Å². The van der Waals surface area contributed by atoms with E-state index in [1.54, 1.807) is 9.80 Å². The van der Waals surface area contributed by atoms with E-state index in [9.17, 15) is 19.5 Å². The van der Waals surface area contributed by atoms with Crippen LogP contribution in [0.4, 0.5) is 0 Å². The Bertz CT molecular complexity index is 835. The number of aliphatic hydroxyl groups is 1. The van der Waals surface area contributed by atoms with Crippen molar-refractivity contribution in [3.8, 4) is 0 Å². The number of carbonyl (C=O) groups is 3. The molecule has 0 aromatic heterocycles.